The third-order valence-electron chi connectivity index (χ3n) is 7.31. The van der Waals surface area contributed by atoms with E-state index in [2.05, 4.69) is 15.7 Å². The van der Waals surface area contributed by atoms with Crippen LogP contribution in [0, 0.1) is 0 Å². The van der Waals surface area contributed by atoms with Gasteiger partial charge in [-0.2, -0.15) is 18.3 Å². The number of hydrogen-bond acceptors (Lipinski definition) is 4. The molecule has 1 atom stereocenters. The maximum Gasteiger partial charge on any atom is 0.417 e. The van der Waals surface area contributed by atoms with Crippen LogP contribution in [0.4, 0.5) is 13.2 Å². The molecule has 0 bridgehead atoms. The summed E-state index contributed by atoms with van der Waals surface area (Å²) in [6.45, 7) is 0.669. The van der Waals surface area contributed by atoms with Gasteiger partial charge in [0.15, 0.2) is 5.69 Å². The van der Waals surface area contributed by atoms with Crippen LogP contribution in [0.25, 0.3) is 11.3 Å². The Hall–Kier alpha value is -2.88. The predicted octanol–water partition coefficient (Wildman–Crippen LogP) is 4.79. The third-order valence-corrected chi connectivity index (χ3v) is 7.31. The zero-order valence-electron chi connectivity index (χ0n) is 21.5. The number of aromatic nitrogens is 2. The maximum atomic E-state index is 13.8. The van der Waals surface area contributed by atoms with E-state index in [1.165, 1.54) is 18.2 Å². The number of amides is 2. The molecule has 2 N–H and O–H groups in total. The normalized spacial score (nSPS) is 17.6. The van der Waals surface area contributed by atoms with Gasteiger partial charge in [-0.25, -0.2) is 0 Å². The number of rotatable bonds is 10. The van der Waals surface area contributed by atoms with Crippen LogP contribution < -0.4 is 10.6 Å². The molecule has 1 aromatic heterocycles. The standard InChI is InChI=1S/C27H36F3N5O2/c1-34(2)15-14-19(16-25(36)31-18-8-7-9-18)32-26(37)23-17-24(35(33-23)20-10-3-4-11-20)21-12-5-6-13-22(21)27(28,29)30/h5-6,12-13,17-20H,3-4,7-11,14-16H2,1-2H3,(H,31,36)(H,32,37)/t19-/m0/s1. The zero-order chi connectivity index (χ0) is 26.6. The van der Waals surface area contributed by atoms with Gasteiger partial charge in [0.05, 0.1) is 17.3 Å². The van der Waals surface area contributed by atoms with Gasteiger partial charge in [-0.1, -0.05) is 31.0 Å². The fourth-order valence-corrected chi connectivity index (χ4v) is 5.05. The first-order valence-electron chi connectivity index (χ1n) is 13.1. The Bertz CT molecular complexity index is 1090. The summed E-state index contributed by atoms with van der Waals surface area (Å²) in [7, 11) is 3.84. The highest BCUT2D eigenvalue weighted by Gasteiger charge is 2.35. The number of carbonyl (C=O) groups is 2. The first kappa shape index (κ1) is 27.2. The van der Waals surface area contributed by atoms with E-state index in [0.717, 1.165) is 51.0 Å². The highest BCUT2D eigenvalue weighted by atomic mass is 19.4. The van der Waals surface area contributed by atoms with Gasteiger partial charge in [-0.15, -0.1) is 0 Å². The van der Waals surface area contributed by atoms with Crippen molar-refractivity contribution in [2.75, 3.05) is 20.6 Å². The Morgan fingerprint density at radius 2 is 1.81 bits per heavy atom. The minimum absolute atomic E-state index is 0.0116. The largest absolute Gasteiger partial charge is 0.417 e. The Morgan fingerprint density at radius 1 is 1.11 bits per heavy atom. The average molecular weight is 520 g/mol. The average Bonchev–Trinajstić information content (AvgIpc) is 3.49. The van der Waals surface area contributed by atoms with E-state index in [0.29, 0.717) is 13.0 Å². The molecule has 0 aliphatic heterocycles. The number of carbonyl (C=O) groups excluding carboxylic acids is 2. The topological polar surface area (TPSA) is 79.3 Å². The summed E-state index contributed by atoms with van der Waals surface area (Å²) < 4.78 is 43.1. The molecule has 1 aromatic carbocycles. The number of benzene rings is 1. The highest BCUT2D eigenvalue weighted by Crippen LogP contribution is 2.40. The lowest BCUT2D eigenvalue weighted by Gasteiger charge is -2.27. The highest BCUT2D eigenvalue weighted by molar-refractivity contribution is 5.94. The fourth-order valence-electron chi connectivity index (χ4n) is 5.05. The Kier molecular flexibility index (Phi) is 8.56. The van der Waals surface area contributed by atoms with Gasteiger partial charge >= 0.3 is 6.18 Å². The number of hydrogen-bond donors (Lipinski definition) is 2. The monoisotopic (exact) mass is 519 g/mol. The van der Waals surface area contributed by atoms with Crippen molar-refractivity contribution in [3.63, 3.8) is 0 Å². The maximum absolute atomic E-state index is 13.8. The summed E-state index contributed by atoms with van der Waals surface area (Å²) in [5.74, 6) is -0.590. The minimum Gasteiger partial charge on any atom is -0.353 e. The lowest BCUT2D eigenvalue weighted by Crippen LogP contribution is -2.44. The van der Waals surface area contributed by atoms with E-state index >= 15 is 0 Å². The summed E-state index contributed by atoms with van der Waals surface area (Å²) in [5, 5.41) is 10.5. The van der Waals surface area contributed by atoms with E-state index in [1.54, 1.807) is 10.7 Å². The van der Waals surface area contributed by atoms with Crippen molar-refractivity contribution >= 4 is 11.8 Å². The van der Waals surface area contributed by atoms with E-state index in [9.17, 15) is 22.8 Å². The van der Waals surface area contributed by atoms with Crippen molar-refractivity contribution in [2.24, 2.45) is 0 Å². The molecule has 2 aliphatic rings. The first-order valence-corrected chi connectivity index (χ1v) is 13.1. The molecule has 2 aromatic rings. The molecule has 0 radical (unpaired) electrons. The molecule has 202 valence electrons. The summed E-state index contributed by atoms with van der Waals surface area (Å²) in [6.07, 6.45) is 2.76. The van der Waals surface area contributed by atoms with Crippen molar-refractivity contribution in [1.29, 1.82) is 0 Å². The van der Waals surface area contributed by atoms with Gasteiger partial charge < -0.3 is 15.5 Å². The van der Waals surface area contributed by atoms with Crippen LogP contribution in [0.2, 0.25) is 0 Å². The van der Waals surface area contributed by atoms with Gasteiger partial charge in [0.1, 0.15) is 0 Å². The van der Waals surface area contributed by atoms with Crippen molar-refractivity contribution in [3.05, 3.63) is 41.6 Å². The van der Waals surface area contributed by atoms with Crippen LogP contribution >= 0.6 is 0 Å². The second kappa shape index (κ2) is 11.7. The second-order valence-electron chi connectivity index (χ2n) is 10.5. The third kappa shape index (κ3) is 6.91. The molecule has 0 unspecified atom stereocenters. The number of nitrogens with one attached hydrogen (secondary N) is 2. The first-order chi connectivity index (χ1) is 17.6. The summed E-state index contributed by atoms with van der Waals surface area (Å²) >= 11 is 0. The summed E-state index contributed by atoms with van der Waals surface area (Å²) in [5.41, 5.74) is -0.388. The molecule has 10 heteroatoms. The molecule has 2 amide bonds. The quantitative estimate of drug-likeness (QED) is 0.473. The summed E-state index contributed by atoms with van der Waals surface area (Å²) in [6, 6.07) is 6.59. The molecular formula is C27H36F3N5O2. The molecule has 2 saturated carbocycles. The molecule has 37 heavy (non-hydrogen) atoms. The van der Waals surface area contributed by atoms with Gasteiger partial charge in [-0.3, -0.25) is 14.3 Å². The van der Waals surface area contributed by atoms with E-state index in [-0.39, 0.29) is 41.4 Å². The number of nitrogens with zero attached hydrogens (tertiary/aromatic N) is 3. The van der Waals surface area contributed by atoms with E-state index in [4.69, 9.17) is 0 Å². The van der Waals surface area contributed by atoms with Crippen LogP contribution in [-0.2, 0) is 11.0 Å². The van der Waals surface area contributed by atoms with Crippen molar-refractivity contribution in [1.82, 2.24) is 25.3 Å². The lowest BCUT2D eigenvalue weighted by atomic mass is 9.93. The van der Waals surface area contributed by atoms with Crippen molar-refractivity contribution in [2.45, 2.75) is 82.1 Å². The van der Waals surface area contributed by atoms with Gasteiger partial charge in [-0.05, 0) is 71.3 Å². The van der Waals surface area contributed by atoms with Crippen molar-refractivity contribution < 1.29 is 22.8 Å². The fraction of sp³-hybridized carbons (Fsp3) is 0.593. The predicted molar refractivity (Wildman–Crippen MR) is 135 cm³/mol. The molecule has 2 fully saturated rings. The van der Waals surface area contributed by atoms with Crippen LogP contribution in [-0.4, -0.2) is 59.2 Å². The summed E-state index contributed by atoms with van der Waals surface area (Å²) in [4.78, 5) is 27.9. The van der Waals surface area contributed by atoms with E-state index < -0.39 is 23.7 Å². The second-order valence-corrected chi connectivity index (χ2v) is 10.5. The van der Waals surface area contributed by atoms with Gasteiger partial charge in [0.25, 0.3) is 5.91 Å². The lowest BCUT2D eigenvalue weighted by molar-refractivity contribution is -0.137. The molecule has 0 spiro atoms. The Labute approximate surface area is 215 Å². The minimum atomic E-state index is -4.53. The molecule has 4 rings (SSSR count). The molecule has 7 nitrogen and oxygen atoms in total. The molecule has 1 heterocycles. The Balaban J connectivity index is 1.59. The molecular weight excluding hydrogens is 483 g/mol. The SMILES string of the molecule is CN(C)CC[C@@H](CC(=O)NC1CCC1)NC(=O)c1cc(-c2ccccc2C(F)(F)F)n(C2CCCC2)n1. The van der Waals surface area contributed by atoms with Crippen molar-refractivity contribution in [3.8, 4) is 11.3 Å². The van der Waals surface area contributed by atoms with Crippen LogP contribution in [0.3, 0.4) is 0 Å². The number of alkyl halides is 3. The van der Waals surface area contributed by atoms with Crippen LogP contribution in [0.5, 0.6) is 0 Å². The van der Waals surface area contributed by atoms with Crippen LogP contribution in [0.1, 0.15) is 79.9 Å². The Morgan fingerprint density at radius 3 is 2.43 bits per heavy atom. The molecule has 0 saturated heterocycles. The van der Waals surface area contributed by atoms with E-state index in [1.807, 2.05) is 19.0 Å². The van der Waals surface area contributed by atoms with Gasteiger partial charge in [0, 0.05) is 24.1 Å². The molecule has 2 aliphatic carbocycles. The zero-order valence-corrected chi connectivity index (χ0v) is 21.5. The van der Waals surface area contributed by atoms with Crippen LogP contribution in [0.15, 0.2) is 30.3 Å². The van der Waals surface area contributed by atoms with Gasteiger partial charge in [0.2, 0.25) is 5.91 Å². The number of halogens is 3. The smallest absolute Gasteiger partial charge is 0.353 e.